The van der Waals surface area contributed by atoms with E-state index in [9.17, 15) is 14.4 Å². The van der Waals surface area contributed by atoms with Crippen LogP contribution in [0.2, 0.25) is 0 Å². The Bertz CT molecular complexity index is 1770. The average Bonchev–Trinajstić information content (AvgIpc) is 3.29. The molecule has 40 heavy (non-hydrogen) atoms. The van der Waals surface area contributed by atoms with E-state index in [0.29, 0.717) is 32.8 Å². The molecule has 0 spiro atoms. The molecule has 1 aliphatic heterocycles. The number of hydrogen-bond acceptors (Lipinski definition) is 8. The fraction of sp³-hybridized carbons (Fsp3) is 0.161. The second-order valence-corrected chi connectivity index (χ2v) is 10.0. The quantitative estimate of drug-likeness (QED) is 0.323. The van der Waals surface area contributed by atoms with Crippen LogP contribution in [-0.2, 0) is 20.9 Å². The molecule has 0 N–H and O–H groups in total. The van der Waals surface area contributed by atoms with E-state index >= 15 is 0 Å². The number of methoxy groups -OCH3 is 2. The van der Waals surface area contributed by atoms with Gasteiger partial charge in [0.25, 0.3) is 5.56 Å². The van der Waals surface area contributed by atoms with E-state index in [0.717, 1.165) is 16.9 Å². The van der Waals surface area contributed by atoms with Gasteiger partial charge in [-0.15, -0.1) is 0 Å². The van der Waals surface area contributed by atoms with Crippen molar-refractivity contribution in [3.05, 3.63) is 132 Å². The molecule has 8 nitrogen and oxygen atoms in total. The Balaban J connectivity index is 1.51. The molecule has 0 aliphatic carbocycles. The monoisotopic (exact) mass is 554 g/mol. The molecular formula is C31H26N2O6S. The molecule has 4 aromatic rings. The van der Waals surface area contributed by atoms with Gasteiger partial charge < -0.3 is 14.2 Å². The lowest BCUT2D eigenvalue weighted by molar-refractivity contribution is -0.136. The molecule has 0 fully saturated rings. The first-order valence-electron chi connectivity index (χ1n) is 12.5. The van der Waals surface area contributed by atoms with Crippen molar-refractivity contribution < 1.29 is 23.8 Å². The summed E-state index contributed by atoms with van der Waals surface area (Å²) in [6, 6.07) is 23.2. The van der Waals surface area contributed by atoms with Gasteiger partial charge in [-0.05, 0) is 54.0 Å². The van der Waals surface area contributed by atoms with Crippen LogP contribution in [0, 0.1) is 0 Å². The van der Waals surface area contributed by atoms with Crippen LogP contribution in [0.25, 0.3) is 6.08 Å². The zero-order valence-corrected chi connectivity index (χ0v) is 22.9. The maximum atomic E-state index is 13.7. The molecule has 2 heterocycles. The minimum absolute atomic E-state index is 0.257. The molecule has 0 saturated heterocycles. The van der Waals surface area contributed by atoms with Crippen LogP contribution in [-0.4, -0.2) is 30.7 Å². The van der Waals surface area contributed by atoms with Crippen LogP contribution in [0.4, 0.5) is 0 Å². The number of rotatable bonds is 7. The van der Waals surface area contributed by atoms with E-state index in [-0.39, 0.29) is 11.1 Å². The molecule has 202 valence electrons. The van der Waals surface area contributed by atoms with Crippen molar-refractivity contribution in [2.24, 2.45) is 4.99 Å². The number of nitrogens with zero attached hydrogens (tertiary/aromatic N) is 2. The third kappa shape index (κ3) is 5.37. The number of ether oxygens (including phenoxy) is 3. The highest BCUT2D eigenvalue weighted by atomic mass is 32.1. The van der Waals surface area contributed by atoms with Gasteiger partial charge in [-0.2, -0.15) is 0 Å². The summed E-state index contributed by atoms with van der Waals surface area (Å²) in [6.07, 6.45) is 1.79. The van der Waals surface area contributed by atoms with Crippen molar-refractivity contribution >= 4 is 29.4 Å². The minimum Gasteiger partial charge on any atom is -0.489 e. The number of allylic oxidation sites excluding steroid dienone is 1. The molecule has 3 aromatic carbocycles. The second-order valence-electron chi connectivity index (χ2n) is 9.03. The Labute approximate surface area is 234 Å². The number of benzene rings is 3. The highest BCUT2D eigenvalue weighted by Crippen LogP contribution is 2.30. The zero-order chi connectivity index (χ0) is 28.2. The van der Waals surface area contributed by atoms with E-state index in [1.165, 1.54) is 30.1 Å². The fourth-order valence-electron chi connectivity index (χ4n) is 4.48. The molecule has 1 aromatic heterocycles. The van der Waals surface area contributed by atoms with E-state index < -0.39 is 18.0 Å². The van der Waals surface area contributed by atoms with Gasteiger partial charge in [-0.1, -0.05) is 65.9 Å². The fourth-order valence-corrected chi connectivity index (χ4v) is 5.53. The predicted octanol–water partition coefficient (Wildman–Crippen LogP) is 3.77. The van der Waals surface area contributed by atoms with Crippen molar-refractivity contribution in [3.63, 3.8) is 0 Å². The van der Waals surface area contributed by atoms with Crippen LogP contribution in [0.15, 0.2) is 99.9 Å². The van der Waals surface area contributed by atoms with Gasteiger partial charge >= 0.3 is 11.9 Å². The summed E-state index contributed by atoms with van der Waals surface area (Å²) in [6.45, 7) is 2.18. The van der Waals surface area contributed by atoms with Crippen LogP contribution in [0.1, 0.15) is 40.0 Å². The standard InChI is InChI=1S/C31H26N2O6S/c1-19-26(30(36)38-3)27(22-11-13-23(14-12-22)29(35)37-2)33-28(34)25(40-31(33)32-19)17-20-9-15-24(16-10-20)39-18-21-7-5-4-6-8-21/h4-17,27H,18H2,1-3H3. The molecular weight excluding hydrogens is 528 g/mol. The molecule has 1 atom stereocenters. The number of fused-ring (bicyclic) bond motifs is 1. The van der Waals surface area contributed by atoms with E-state index in [2.05, 4.69) is 4.99 Å². The molecule has 0 saturated carbocycles. The van der Waals surface area contributed by atoms with Crippen LogP contribution in [0.3, 0.4) is 0 Å². The van der Waals surface area contributed by atoms with Gasteiger partial charge in [0.05, 0.1) is 41.6 Å². The number of esters is 2. The Morgan fingerprint density at radius 3 is 2.25 bits per heavy atom. The van der Waals surface area contributed by atoms with Crippen LogP contribution < -0.4 is 19.6 Å². The Morgan fingerprint density at radius 1 is 0.925 bits per heavy atom. The van der Waals surface area contributed by atoms with Gasteiger partial charge in [-0.3, -0.25) is 9.36 Å². The Hall–Kier alpha value is -4.76. The van der Waals surface area contributed by atoms with Crippen molar-refractivity contribution in [2.75, 3.05) is 14.2 Å². The largest absolute Gasteiger partial charge is 0.489 e. The van der Waals surface area contributed by atoms with Gasteiger partial charge in [0.15, 0.2) is 4.80 Å². The van der Waals surface area contributed by atoms with Crippen LogP contribution >= 0.6 is 11.3 Å². The topological polar surface area (TPSA) is 96.2 Å². The van der Waals surface area contributed by atoms with Gasteiger partial charge in [-0.25, -0.2) is 14.6 Å². The smallest absolute Gasteiger partial charge is 0.338 e. The number of aromatic nitrogens is 1. The highest BCUT2D eigenvalue weighted by molar-refractivity contribution is 7.07. The SMILES string of the molecule is COC(=O)C1=C(C)N=c2sc(=Cc3ccc(OCc4ccccc4)cc3)c(=O)n2C1c1ccc(C(=O)OC)cc1. The van der Waals surface area contributed by atoms with Crippen molar-refractivity contribution in [2.45, 2.75) is 19.6 Å². The summed E-state index contributed by atoms with van der Waals surface area (Å²) in [4.78, 5) is 43.5. The summed E-state index contributed by atoms with van der Waals surface area (Å²) >= 11 is 1.24. The second kappa shape index (κ2) is 11.5. The molecule has 9 heteroatoms. The lowest BCUT2D eigenvalue weighted by Gasteiger charge is -2.24. The number of carbonyl (C=O) groups excluding carboxylic acids is 2. The highest BCUT2D eigenvalue weighted by Gasteiger charge is 2.33. The third-order valence-electron chi connectivity index (χ3n) is 6.50. The number of thiazole rings is 1. The van der Waals surface area contributed by atoms with E-state index in [1.807, 2.05) is 54.6 Å². The summed E-state index contributed by atoms with van der Waals surface area (Å²) in [5, 5.41) is 0. The number of hydrogen-bond donors (Lipinski definition) is 0. The van der Waals surface area contributed by atoms with E-state index in [1.54, 1.807) is 37.3 Å². The summed E-state index contributed by atoms with van der Waals surface area (Å²) < 4.78 is 17.7. The molecule has 5 rings (SSSR count). The lowest BCUT2D eigenvalue weighted by Crippen LogP contribution is -2.39. The number of carbonyl (C=O) groups is 2. The molecule has 0 radical (unpaired) electrons. The summed E-state index contributed by atoms with van der Waals surface area (Å²) in [5.74, 6) is -0.341. The van der Waals surface area contributed by atoms with E-state index in [4.69, 9.17) is 14.2 Å². The predicted molar refractivity (Wildman–Crippen MR) is 151 cm³/mol. The molecule has 0 amide bonds. The summed E-state index contributed by atoms with van der Waals surface area (Å²) in [7, 11) is 2.60. The van der Waals surface area contributed by atoms with Crippen LogP contribution in [0.5, 0.6) is 5.75 Å². The first-order valence-corrected chi connectivity index (χ1v) is 13.3. The molecule has 1 aliphatic rings. The zero-order valence-electron chi connectivity index (χ0n) is 22.1. The minimum atomic E-state index is -0.772. The average molecular weight is 555 g/mol. The van der Waals surface area contributed by atoms with Crippen molar-refractivity contribution in [3.8, 4) is 5.75 Å². The maximum Gasteiger partial charge on any atom is 0.338 e. The van der Waals surface area contributed by atoms with Crippen molar-refractivity contribution in [1.29, 1.82) is 0 Å². The lowest BCUT2D eigenvalue weighted by atomic mass is 9.95. The van der Waals surface area contributed by atoms with Crippen molar-refractivity contribution in [1.82, 2.24) is 4.57 Å². The first kappa shape index (κ1) is 26.8. The third-order valence-corrected chi connectivity index (χ3v) is 7.48. The summed E-state index contributed by atoms with van der Waals surface area (Å²) in [5.41, 5.74) is 3.31. The first-order chi connectivity index (χ1) is 19.4. The van der Waals surface area contributed by atoms with Gasteiger partial charge in [0.1, 0.15) is 12.4 Å². The Kier molecular flexibility index (Phi) is 7.75. The van der Waals surface area contributed by atoms with Gasteiger partial charge in [0, 0.05) is 0 Å². The maximum absolute atomic E-state index is 13.7. The van der Waals surface area contributed by atoms with Gasteiger partial charge in [0.2, 0.25) is 0 Å². The molecule has 0 bridgehead atoms. The molecule has 1 unspecified atom stereocenters. The normalized spacial score (nSPS) is 14.8. The Morgan fingerprint density at radius 2 is 1.60 bits per heavy atom.